The first kappa shape index (κ1) is 19.2. The first-order valence-corrected chi connectivity index (χ1v) is 10.1. The Bertz CT molecular complexity index is 1010. The van der Waals surface area contributed by atoms with E-state index < -0.39 is 0 Å². The zero-order valence-corrected chi connectivity index (χ0v) is 16.7. The van der Waals surface area contributed by atoms with Gasteiger partial charge in [-0.3, -0.25) is 14.2 Å². The quantitative estimate of drug-likeness (QED) is 0.481. The average molecular weight is 405 g/mol. The number of hydrogen-bond acceptors (Lipinski definition) is 7. The van der Waals surface area contributed by atoms with Crippen molar-refractivity contribution in [2.75, 3.05) is 20.8 Å². The molecule has 0 saturated carbocycles. The van der Waals surface area contributed by atoms with Gasteiger partial charge < -0.3 is 15.2 Å². The van der Waals surface area contributed by atoms with Gasteiger partial charge in [0.15, 0.2) is 21.6 Å². The molecule has 2 heterocycles. The van der Waals surface area contributed by atoms with Gasteiger partial charge in [-0.25, -0.2) is 4.98 Å². The molecular weight excluding hydrogens is 384 g/mol. The zero-order valence-electron chi connectivity index (χ0n) is 15.0. The highest BCUT2D eigenvalue weighted by molar-refractivity contribution is 8.13. The van der Waals surface area contributed by atoms with Crippen molar-refractivity contribution in [3.05, 3.63) is 57.5 Å². The van der Waals surface area contributed by atoms with Crippen molar-refractivity contribution in [3.8, 4) is 11.5 Å². The van der Waals surface area contributed by atoms with Crippen LogP contribution < -0.4 is 20.8 Å². The van der Waals surface area contributed by atoms with Crippen LogP contribution in [-0.2, 0) is 12.2 Å². The maximum Gasteiger partial charge on any atom is 0.258 e. The first-order valence-electron chi connectivity index (χ1n) is 8.20. The molecule has 0 amide bonds. The molecule has 0 aliphatic carbocycles. The smallest absolute Gasteiger partial charge is 0.258 e. The summed E-state index contributed by atoms with van der Waals surface area (Å²) in [5, 5.41) is 2.31. The molecule has 0 spiro atoms. The number of amidine groups is 1. The van der Waals surface area contributed by atoms with Crippen LogP contribution >= 0.6 is 23.1 Å². The number of thiazole rings is 1. The Morgan fingerprint density at radius 1 is 1.30 bits per heavy atom. The average Bonchev–Trinajstić information content (AvgIpc) is 3.15. The lowest BCUT2D eigenvalue weighted by Crippen LogP contribution is -2.14. The number of nitrogens with zero attached hydrogens (tertiary/aromatic N) is 3. The standard InChI is InChI=1S/C18H20N4O3S2/c1-24-14-4-3-12(9-15(14)25-2)5-6-20-17(19)27-11-13-10-16(23)22-7-8-26-18(22)21-13/h3-4,7-10H,5-6,11H2,1-2H3,(H2,19,20). The number of hydrogen-bond donors (Lipinski definition) is 1. The summed E-state index contributed by atoms with van der Waals surface area (Å²) in [6.07, 6.45) is 2.46. The van der Waals surface area contributed by atoms with Crippen molar-refractivity contribution in [3.63, 3.8) is 0 Å². The van der Waals surface area contributed by atoms with Gasteiger partial charge in [-0.05, 0) is 24.1 Å². The van der Waals surface area contributed by atoms with Gasteiger partial charge in [0.25, 0.3) is 5.56 Å². The lowest BCUT2D eigenvalue weighted by Gasteiger charge is -2.09. The van der Waals surface area contributed by atoms with Crippen LogP contribution in [0.4, 0.5) is 0 Å². The Labute approximate surface area is 164 Å². The number of benzene rings is 1. The van der Waals surface area contributed by atoms with Crippen LogP contribution in [0, 0.1) is 0 Å². The molecule has 0 atom stereocenters. The molecule has 0 saturated heterocycles. The summed E-state index contributed by atoms with van der Waals surface area (Å²) >= 11 is 2.80. The summed E-state index contributed by atoms with van der Waals surface area (Å²) in [7, 11) is 3.22. The molecule has 142 valence electrons. The van der Waals surface area contributed by atoms with Gasteiger partial charge in [-0.2, -0.15) is 0 Å². The van der Waals surface area contributed by atoms with Gasteiger partial charge in [0, 0.05) is 29.9 Å². The van der Waals surface area contributed by atoms with Crippen LogP contribution in [0.1, 0.15) is 11.3 Å². The fourth-order valence-corrected chi connectivity index (χ4v) is 3.85. The van der Waals surface area contributed by atoms with Crippen molar-refractivity contribution in [1.82, 2.24) is 9.38 Å². The van der Waals surface area contributed by atoms with Crippen molar-refractivity contribution >= 4 is 33.2 Å². The second-order valence-electron chi connectivity index (χ2n) is 5.59. The number of nitrogens with two attached hydrogens (primary N) is 1. The lowest BCUT2D eigenvalue weighted by atomic mass is 10.1. The Balaban J connectivity index is 1.55. The first-order chi connectivity index (χ1) is 13.1. The molecule has 2 N–H and O–H groups in total. The van der Waals surface area contributed by atoms with Crippen molar-refractivity contribution in [1.29, 1.82) is 0 Å². The van der Waals surface area contributed by atoms with Crippen molar-refractivity contribution in [2.45, 2.75) is 12.2 Å². The zero-order chi connectivity index (χ0) is 19.2. The Morgan fingerprint density at radius 3 is 2.89 bits per heavy atom. The van der Waals surface area contributed by atoms with E-state index in [4.69, 9.17) is 15.2 Å². The molecule has 1 aromatic carbocycles. The van der Waals surface area contributed by atoms with Crippen LogP contribution in [0.25, 0.3) is 4.96 Å². The molecule has 0 aliphatic heterocycles. The largest absolute Gasteiger partial charge is 0.493 e. The van der Waals surface area contributed by atoms with Crippen LogP contribution in [0.5, 0.6) is 11.5 Å². The Morgan fingerprint density at radius 2 is 2.11 bits per heavy atom. The van der Waals surface area contributed by atoms with Crippen molar-refractivity contribution < 1.29 is 9.47 Å². The highest BCUT2D eigenvalue weighted by atomic mass is 32.2. The molecule has 27 heavy (non-hydrogen) atoms. The molecule has 0 radical (unpaired) electrons. The van der Waals surface area contributed by atoms with E-state index >= 15 is 0 Å². The third-order valence-corrected chi connectivity index (χ3v) is 5.46. The van der Waals surface area contributed by atoms with Gasteiger partial charge in [-0.1, -0.05) is 17.8 Å². The molecule has 3 rings (SSSR count). The third kappa shape index (κ3) is 4.81. The van der Waals surface area contributed by atoms with E-state index in [-0.39, 0.29) is 5.56 Å². The normalized spacial score (nSPS) is 11.7. The van der Waals surface area contributed by atoms with E-state index in [1.54, 1.807) is 20.4 Å². The molecule has 0 aliphatic rings. The minimum absolute atomic E-state index is 0.0826. The Kier molecular flexibility index (Phi) is 6.36. The maximum atomic E-state index is 12.0. The van der Waals surface area contributed by atoms with E-state index in [1.807, 2.05) is 23.6 Å². The molecule has 0 unspecified atom stereocenters. The number of rotatable bonds is 7. The number of fused-ring (bicyclic) bond motifs is 1. The molecule has 2 aromatic heterocycles. The second-order valence-corrected chi connectivity index (χ2v) is 7.46. The summed E-state index contributed by atoms with van der Waals surface area (Å²) in [5.74, 6) is 1.91. The fraction of sp³-hybridized carbons (Fsp3) is 0.278. The third-order valence-electron chi connectivity index (χ3n) is 3.84. The molecule has 0 bridgehead atoms. The van der Waals surface area contributed by atoms with E-state index in [9.17, 15) is 4.79 Å². The second kappa shape index (κ2) is 8.92. The summed E-state index contributed by atoms with van der Waals surface area (Å²) in [5.41, 5.74) is 7.68. The number of aromatic nitrogens is 2. The number of thioether (sulfide) groups is 1. The maximum absolute atomic E-state index is 12.0. The fourth-order valence-electron chi connectivity index (χ4n) is 2.49. The summed E-state index contributed by atoms with van der Waals surface area (Å²) in [6.45, 7) is 0.564. The van der Waals surface area contributed by atoms with Crippen LogP contribution in [0.3, 0.4) is 0 Å². The predicted molar refractivity (Wildman–Crippen MR) is 110 cm³/mol. The van der Waals surface area contributed by atoms with Gasteiger partial charge in [-0.15, -0.1) is 11.3 Å². The molecule has 0 fully saturated rings. The minimum Gasteiger partial charge on any atom is -0.493 e. The van der Waals surface area contributed by atoms with Crippen LogP contribution in [0.15, 0.2) is 45.6 Å². The topological polar surface area (TPSA) is 91.2 Å². The Hall–Kier alpha value is -2.52. The number of aliphatic imine (C=N–C) groups is 1. The van der Waals surface area contributed by atoms with Gasteiger partial charge in [0.2, 0.25) is 0 Å². The van der Waals surface area contributed by atoms with Crippen LogP contribution in [0.2, 0.25) is 0 Å². The minimum atomic E-state index is -0.0826. The number of ether oxygens (including phenoxy) is 2. The number of methoxy groups -OCH3 is 2. The van der Waals surface area contributed by atoms with Crippen LogP contribution in [-0.4, -0.2) is 35.3 Å². The molecule has 3 aromatic rings. The van der Waals surface area contributed by atoms with E-state index in [1.165, 1.54) is 33.6 Å². The molecular formula is C18H20N4O3S2. The summed E-state index contributed by atoms with van der Waals surface area (Å²) < 4.78 is 12.1. The highest BCUT2D eigenvalue weighted by Gasteiger charge is 2.06. The summed E-state index contributed by atoms with van der Waals surface area (Å²) in [6, 6.07) is 7.32. The van der Waals surface area contributed by atoms with Crippen molar-refractivity contribution in [2.24, 2.45) is 10.7 Å². The molecule has 9 heteroatoms. The monoisotopic (exact) mass is 404 g/mol. The van der Waals surface area contributed by atoms with Gasteiger partial charge in [0.1, 0.15) is 0 Å². The van der Waals surface area contributed by atoms with Gasteiger partial charge >= 0.3 is 0 Å². The summed E-state index contributed by atoms with van der Waals surface area (Å²) in [4.78, 5) is 21.5. The lowest BCUT2D eigenvalue weighted by molar-refractivity contribution is 0.354. The van der Waals surface area contributed by atoms with Gasteiger partial charge in [0.05, 0.1) is 19.9 Å². The highest BCUT2D eigenvalue weighted by Crippen LogP contribution is 2.27. The van der Waals surface area contributed by atoms with E-state index in [2.05, 4.69) is 9.98 Å². The SMILES string of the molecule is COc1ccc(CCN=C(N)SCc2cc(=O)n3ccsc3n2)cc1OC. The van der Waals surface area contributed by atoms with E-state index in [0.717, 1.165) is 12.0 Å². The predicted octanol–water partition coefficient (Wildman–Crippen LogP) is 2.56. The van der Waals surface area contributed by atoms with E-state index in [0.29, 0.717) is 39.6 Å². The molecule has 7 nitrogen and oxygen atoms in total.